The Hall–Kier alpha value is -1.39. The number of likely N-dealkylation sites (tertiary alicyclic amines) is 1. The van der Waals surface area contributed by atoms with Crippen LogP contribution < -0.4 is 10.6 Å². The third kappa shape index (κ3) is 4.62. The maximum Gasteiger partial charge on any atom is 0.251 e. The van der Waals surface area contributed by atoms with E-state index >= 15 is 0 Å². The lowest BCUT2D eigenvalue weighted by Crippen LogP contribution is -2.26. The number of carbonyl (C=O) groups is 1. The molecule has 1 saturated heterocycles. The van der Waals surface area contributed by atoms with Crippen molar-refractivity contribution in [1.82, 2.24) is 15.5 Å². The van der Waals surface area contributed by atoms with Gasteiger partial charge in [-0.15, -0.1) is 0 Å². The van der Waals surface area contributed by atoms with Gasteiger partial charge in [0, 0.05) is 18.7 Å². The van der Waals surface area contributed by atoms with E-state index in [1.165, 1.54) is 31.5 Å². The van der Waals surface area contributed by atoms with Gasteiger partial charge in [-0.1, -0.05) is 12.1 Å². The molecule has 0 saturated carbocycles. The quantitative estimate of drug-likeness (QED) is 0.743. The molecule has 110 valence electrons. The molecule has 2 N–H and O–H groups in total. The smallest absolute Gasteiger partial charge is 0.251 e. The number of hydrogen-bond donors (Lipinski definition) is 2. The summed E-state index contributed by atoms with van der Waals surface area (Å²) in [5.41, 5.74) is 2.00. The maximum atomic E-state index is 12.1. The number of nitrogens with zero attached hydrogens (tertiary/aromatic N) is 1. The highest BCUT2D eigenvalue weighted by molar-refractivity contribution is 5.94. The van der Waals surface area contributed by atoms with E-state index in [-0.39, 0.29) is 5.91 Å². The maximum absolute atomic E-state index is 12.1. The van der Waals surface area contributed by atoms with Crippen LogP contribution in [0.1, 0.15) is 35.2 Å². The standard InChI is InChI=1S/C16H25N3O/c1-17-8-5-9-18-16(20)15-7-4-6-14(12-15)13-19-10-2-3-11-19/h4,6-7,12,17H,2-3,5,8-11,13H2,1H3,(H,18,20). The van der Waals surface area contributed by atoms with Crippen molar-refractivity contribution < 1.29 is 4.79 Å². The SMILES string of the molecule is CNCCCNC(=O)c1cccc(CN2CCCC2)c1. The molecule has 1 aromatic carbocycles. The van der Waals surface area contributed by atoms with Crippen molar-refractivity contribution in [3.8, 4) is 0 Å². The fourth-order valence-electron chi connectivity index (χ4n) is 2.58. The van der Waals surface area contributed by atoms with E-state index in [1.807, 2.05) is 25.2 Å². The molecule has 0 aromatic heterocycles. The minimum absolute atomic E-state index is 0.0318. The van der Waals surface area contributed by atoms with Crippen molar-refractivity contribution in [1.29, 1.82) is 0 Å². The Labute approximate surface area is 121 Å². The summed E-state index contributed by atoms with van der Waals surface area (Å²) in [4.78, 5) is 14.5. The van der Waals surface area contributed by atoms with Crippen LogP contribution in [0.3, 0.4) is 0 Å². The van der Waals surface area contributed by atoms with Crippen molar-refractivity contribution in [2.75, 3.05) is 33.2 Å². The minimum atomic E-state index is 0.0318. The number of carbonyl (C=O) groups excluding carboxylic acids is 1. The molecular weight excluding hydrogens is 250 g/mol. The lowest BCUT2D eigenvalue weighted by atomic mass is 10.1. The van der Waals surface area contributed by atoms with Crippen molar-refractivity contribution in [3.63, 3.8) is 0 Å². The zero-order valence-corrected chi connectivity index (χ0v) is 12.3. The van der Waals surface area contributed by atoms with Crippen molar-refractivity contribution >= 4 is 5.91 Å². The average Bonchev–Trinajstić information content (AvgIpc) is 2.96. The van der Waals surface area contributed by atoms with Gasteiger partial charge in [-0.05, 0) is 63.6 Å². The summed E-state index contributed by atoms with van der Waals surface area (Å²) in [7, 11) is 1.92. The fraction of sp³-hybridized carbons (Fsp3) is 0.562. The molecule has 1 aromatic rings. The molecule has 4 heteroatoms. The van der Waals surface area contributed by atoms with Gasteiger partial charge in [-0.2, -0.15) is 0 Å². The Balaban J connectivity index is 1.86. The largest absolute Gasteiger partial charge is 0.352 e. The first-order valence-electron chi connectivity index (χ1n) is 7.53. The second-order valence-electron chi connectivity index (χ2n) is 5.40. The van der Waals surface area contributed by atoms with Crippen molar-refractivity contribution in [2.45, 2.75) is 25.8 Å². The van der Waals surface area contributed by atoms with Crippen LogP contribution in [0.5, 0.6) is 0 Å². The highest BCUT2D eigenvalue weighted by Crippen LogP contribution is 2.13. The third-order valence-corrected chi connectivity index (χ3v) is 3.68. The van der Waals surface area contributed by atoms with Gasteiger partial charge < -0.3 is 10.6 Å². The number of hydrogen-bond acceptors (Lipinski definition) is 3. The summed E-state index contributed by atoms with van der Waals surface area (Å²) >= 11 is 0. The van der Waals surface area contributed by atoms with Crippen LogP contribution in [0.4, 0.5) is 0 Å². The Morgan fingerprint density at radius 3 is 2.80 bits per heavy atom. The monoisotopic (exact) mass is 275 g/mol. The molecule has 1 heterocycles. The van der Waals surface area contributed by atoms with Crippen LogP contribution in [0.2, 0.25) is 0 Å². The number of amides is 1. The first kappa shape index (κ1) is 15.0. The molecule has 0 radical (unpaired) electrons. The molecule has 0 atom stereocenters. The highest BCUT2D eigenvalue weighted by atomic mass is 16.1. The summed E-state index contributed by atoms with van der Waals surface area (Å²) in [6.07, 6.45) is 3.55. The normalized spacial score (nSPS) is 15.4. The first-order chi connectivity index (χ1) is 9.79. The van der Waals surface area contributed by atoms with Gasteiger partial charge in [0.25, 0.3) is 5.91 Å². The molecule has 0 unspecified atom stereocenters. The molecule has 0 aliphatic carbocycles. The number of nitrogens with one attached hydrogen (secondary N) is 2. The molecule has 1 aliphatic rings. The van der Waals surface area contributed by atoms with E-state index in [0.29, 0.717) is 0 Å². The fourth-order valence-corrected chi connectivity index (χ4v) is 2.58. The molecule has 4 nitrogen and oxygen atoms in total. The summed E-state index contributed by atoms with van der Waals surface area (Å²) < 4.78 is 0. The van der Waals surface area contributed by atoms with E-state index in [4.69, 9.17) is 0 Å². The van der Waals surface area contributed by atoms with Gasteiger partial charge in [0.15, 0.2) is 0 Å². The molecule has 1 fully saturated rings. The van der Waals surface area contributed by atoms with Crippen LogP contribution in [-0.2, 0) is 6.54 Å². The molecule has 20 heavy (non-hydrogen) atoms. The summed E-state index contributed by atoms with van der Waals surface area (Å²) in [5, 5.41) is 6.04. The lowest BCUT2D eigenvalue weighted by molar-refractivity contribution is 0.0953. The van der Waals surface area contributed by atoms with Crippen LogP contribution in [0.25, 0.3) is 0 Å². The summed E-state index contributed by atoms with van der Waals surface area (Å²) in [6.45, 7) is 4.97. The number of rotatable bonds is 7. The highest BCUT2D eigenvalue weighted by Gasteiger charge is 2.12. The van der Waals surface area contributed by atoms with E-state index < -0.39 is 0 Å². The minimum Gasteiger partial charge on any atom is -0.352 e. The molecule has 0 bridgehead atoms. The van der Waals surface area contributed by atoms with Gasteiger partial charge in [0.2, 0.25) is 0 Å². The summed E-state index contributed by atoms with van der Waals surface area (Å²) in [5.74, 6) is 0.0318. The molecule has 2 rings (SSSR count). The zero-order valence-electron chi connectivity index (χ0n) is 12.3. The van der Waals surface area contributed by atoms with E-state index in [0.717, 1.165) is 31.6 Å². The Morgan fingerprint density at radius 1 is 1.25 bits per heavy atom. The van der Waals surface area contributed by atoms with E-state index in [1.54, 1.807) is 0 Å². The Morgan fingerprint density at radius 2 is 2.05 bits per heavy atom. The van der Waals surface area contributed by atoms with Gasteiger partial charge in [0.1, 0.15) is 0 Å². The van der Waals surface area contributed by atoms with Gasteiger partial charge in [-0.3, -0.25) is 9.69 Å². The zero-order chi connectivity index (χ0) is 14.2. The lowest BCUT2D eigenvalue weighted by Gasteiger charge is -2.15. The Bertz CT molecular complexity index is 427. The van der Waals surface area contributed by atoms with E-state index in [2.05, 4.69) is 21.6 Å². The van der Waals surface area contributed by atoms with Crippen LogP contribution in [-0.4, -0.2) is 44.0 Å². The third-order valence-electron chi connectivity index (χ3n) is 3.68. The van der Waals surface area contributed by atoms with Gasteiger partial charge in [0.05, 0.1) is 0 Å². The predicted molar refractivity (Wildman–Crippen MR) is 81.8 cm³/mol. The first-order valence-corrected chi connectivity index (χ1v) is 7.53. The van der Waals surface area contributed by atoms with Crippen molar-refractivity contribution in [2.24, 2.45) is 0 Å². The average molecular weight is 275 g/mol. The molecule has 1 amide bonds. The molecule has 0 spiro atoms. The topological polar surface area (TPSA) is 44.4 Å². The number of benzene rings is 1. The van der Waals surface area contributed by atoms with E-state index in [9.17, 15) is 4.79 Å². The molecular formula is C16H25N3O. The molecule has 1 aliphatic heterocycles. The van der Waals surface area contributed by atoms with Crippen LogP contribution in [0.15, 0.2) is 24.3 Å². The van der Waals surface area contributed by atoms with Crippen molar-refractivity contribution in [3.05, 3.63) is 35.4 Å². The Kier molecular flexibility index (Phi) is 6.02. The van der Waals surface area contributed by atoms with Crippen LogP contribution in [0, 0.1) is 0 Å². The van der Waals surface area contributed by atoms with Gasteiger partial charge in [-0.25, -0.2) is 0 Å². The second kappa shape index (κ2) is 8.02. The second-order valence-corrected chi connectivity index (χ2v) is 5.40. The summed E-state index contributed by atoms with van der Waals surface area (Å²) in [6, 6.07) is 8.00. The predicted octanol–water partition coefficient (Wildman–Crippen LogP) is 1.62. The van der Waals surface area contributed by atoms with Gasteiger partial charge >= 0.3 is 0 Å². The van der Waals surface area contributed by atoms with Crippen LogP contribution >= 0.6 is 0 Å².